The first-order valence-electron chi connectivity index (χ1n) is 8.76. The van der Waals surface area contributed by atoms with Gasteiger partial charge in [0.05, 0.1) is 12.2 Å². The molecule has 2 aromatic carbocycles. The number of aromatic nitrogens is 4. The van der Waals surface area contributed by atoms with Crippen LogP contribution in [0.5, 0.6) is 0 Å². The van der Waals surface area contributed by atoms with Gasteiger partial charge >= 0.3 is 5.97 Å². The van der Waals surface area contributed by atoms with Crippen molar-refractivity contribution in [3.63, 3.8) is 0 Å². The minimum absolute atomic E-state index is 0. The normalized spacial score (nSPS) is 11.5. The molecule has 4 aromatic rings. The Kier molecular flexibility index (Phi) is 7.90. The number of carbonyl (C=O) groups excluding carboxylic acids is 1. The molecule has 1 atom stereocenters. The van der Waals surface area contributed by atoms with E-state index >= 15 is 0 Å². The summed E-state index contributed by atoms with van der Waals surface area (Å²) >= 11 is 0. The second kappa shape index (κ2) is 10.2. The van der Waals surface area contributed by atoms with Crippen LogP contribution in [-0.2, 0) is 16.1 Å². The van der Waals surface area contributed by atoms with Gasteiger partial charge in [-0.25, -0.2) is 0 Å². The second-order valence-electron chi connectivity index (χ2n) is 6.32. The number of rotatable bonds is 6. The van der Waals surface area contributed by atoms with Gasteiger partial charge in [-0.1, -0.05) is 54.6 Å². The van der Waals surface area contributed by atoms with Crippen LogP contribution >= 0.6 is 24.8 Å². The Hall–Kier alpha value is -2.74. The Bertz CT molecular complexity index is 1090. The molecular formula is C20H21Cl2N5O2. The molecule has 0 bridgehead atoms. The molecule has 0 aliphatic rings. The van der Waals surface area contributed by atoms with Gasteiger partial charge in [-0.05, 0) is 12.0 Å². The van der Waals surface area contributed by atoms with Crippen molar-refractivity contribution in [2.24, 2.45) is 5.73 Å². The topological polar surface area (TPSA) is 95.4 Å². The zero-order valence-electron chi connectivity index (χ0n) is 15.5. The molecule has 2 N–H and O–H groups in total. The summed E-state index contributed by atoms with van der Waals surface area (Å²) in [7, 11) is 0. The minimum Gasteiger partial charge on any atom is -0.461 e. The number of hydrogen-bond donors (Lipinski definition) is 1. The molecule has 0 saturated carbocycles. The Morgan fingerprint density at radius 1 is 1.03 bits per heavy atom. The number of nitrogens with zero attached hydrogens (tertiary/aromatic N) is 4. The van der Waals surface area contributed by atoms with Crippen LogP contribution in [0.25, 0.3) is 16.4 Å². The summed E-state index contributed by atoms with van der Waals surface area (Å²) in [5.74, 6) is 0.244. The predicted molar refractivity (Wildman–Crippen MR) is 115 cm³/mol. The van der Waals surface area contributed by atoms with Crippen molar-refractivity contribution in [3.8, 4) is 0 Å². The molecule has 29 heavy (non-hydrogen) atoms. The van der Waals surface area contributed by atoms with Gasteiger partial charge in [0.2, 0.25) is 0 Å². The highest BCUT2D eigenvalue weighted by atomic mass is 35.5. The Morgan fingerprint density at radius 3 is 2.55 bits per heavy atom. The van der Waals surface area contributed by atoms with E-state index < -0.39 is 6.04 Å². The summed E-state index contributed by atoms with van der Waals surface area (Å²) in [6.07, 6.45) is 2.37. The lowest BCUT2D eigenvalue weighted by atomic mass is 10.1. The smallest absolute Gasteiger partial charge is 0.306 e. The SMILES string of the molecule is Cl.Cl.N[C@@H](CCC(=O)OCc1ccccc1)c1nnc2c3ccccc3cnn12. The van der Waals surface area contributed by atoms with Crippen molar-refractivity contribution < 1.29 is 9.53 Å². The van der Waals surface area contributed by atoms with Gasteiger partial charge in [-0.2, -0.15) is 9.61 Å². The fraction of sp³-hybridized carbons (Fsp3) is 0.200. The van der Waals surface area contributed by atoms with Crippen LogP contribution < -0.4 is 5.73 Å². The van der Waals surface area contributed by atoms with Crippen molar-refractivity contribution in [2.75, 3.05) is 0 Å². The molecule has 0 amide bonds. The first-order valence-corrected chi connectivity index (χ1v) is 8.76. The van der Waals surface area contributed by atoms with Gasteiger partial charge in [0.15, 0.2) is 11.5 Å². The van der Waals surface area contributed by atoms with Crippen LogP contribution in [-0.4, -0.2) is 25.8 Å². The first-order chi connectivity index (χ1) is 13.2. The van der Waals surface area contributed by atoms with Crippen LogP contribution in [0, 0.1) is 0 Å². The standard InChI is InChI=1S/C20H19N5O2.2ClH/c21-17(10-11-18(26)27-13-14-6-2-1-3-7-14)20-24-23-19-16-9-5-4-8-15(16)12-22-25(19)20;;/h1-9,12,17H,10-11,13,21H2;2*1H/t17-;;/m0../s1. The third kappa shape index (κ3) is 5.00. The fourth-order valence-electron chi connectivity index (χ4n) is 2.95. The van der Waals surface area contributed by atoms with E-state index in [4.69, 9.17) is 10.5 Å². The zero-order valence-corrected chi connectivity index (χ0v) is 17.1. The Morgan fingerprint density at radius 2 is 1.76 bits per heavy atom. The molecule has 2 heterocycles. The number of nitrogens with two attached hydrogens (primary N) is 1. The Balaban J connectivity index is 0.00000150. The maximum atomic E-state index is 12.0. The number of halogens is 2. The molecule has 4 rings (SSSR count). The highest BCUT2D eigenvalue weighted by molar-refractivity contribution is 5.92. The van der Waals surface area contributed by atoms with E-state index in [1.54, 1.807) is 10.7 Å². The van der Waals surface area contributed by atoms with E-state index in [0.717, 1.165) is 16.3 Å². The molecule has 2 aromatic heterocycles. The largest absolute Gasteiger partial charge is 0.461 e. The number of esters is 1. The molecule has 0 unspecified atom stereocenters. The monoisotopic (exact) mass is 433 g/mol. The summed E-state index contributed by atoms with van der Waals surface area (Å²) in [6, 6.07) is 16.9. The molecule has 152 valence electrons. The third-order valence-electron chi connectivity index (χ3n) is 4.41. The lowest BCUT2D eigenvalue weighted by Gasteiger charge is -2.10. The van der Waals surface area contributed by atoms with Crippen LogP contribution in [0.3, 0.4) is 0 Å². The summed E-state index contributed by atoms with van der Waals surface area (Å²) < 4.78 is 6.93. The van der Waals surface area contributed by atoms with Crippen molar-refractivity contribution in [3.05, 3.63) is 72.2 Å². The van der Waals surface area contributed by atoms with Crippen LogP contribution in [0.15, 0.2) is 60.8 Å². The molecule has 0 aliphatic carbocycles. The summed E-state index contributed by atoms with van der Waals surface area (Å²) in [6.45, 7) is 0.260. The lowest BCUT2D eigenvalue weighted by Crippen LogP contribution is -2.17. The van der Waals surface area contributed by atoms with Crippen LogP contribution in [0.2, 0.25) is 0 Å². The summed E-state index contributed by atoms with van der Waals surface area (Å²) in [5, 5.41) is 14.8. The quantitative estimate of drug-likeness (QED) is 0.466. The van der Waals surface area contributed by atoms with E-state index in [1.807, 2.05) is 54.6 Å². The molecule has 7 nitrogen and oxygen atoms in total. The molecule has 0 saturated heterocycles. The van der Waals surface area contributed by atoms with Crippen molar-refractivity contribution in [1.29, 1.82) is 0 Å². The molecular weight excluding hydrogens is 413 g/mol. The minimum atomic E-state index is -0.460. The van der Waals surface area contributed by atoms with Gasteiger partial charge in [-0.15, -0.1) is 35.0 Å². The molecule has 9 heteroatoms. The van der Waals surface area contributed by atoms with Crippen LogP contribution in [0.1, 0.15) is 30.3 Å². The van der Waals surface area contributed by atoms with Gasteiger partial charge in [0.1, 0.15) is 6.61 Å². The van der Waals surface area contributed by atoms with E-state index in [1.165, 1.54) is 0 Å². The molecule has 0 radical (unpaired) electrons. The lowest BCUT2D eigenvalue weighted by molar-refractivity contribution is -0.145. The van der Waals surface area contributed by atoms with E-state index in [-0.39, 0.29) is 43.8 Å². The maximum Gasteiger partial charge on any atom is 0.306 e. The van der Waals surface area contributed by atoms with E-state index in [0.29, 0.717) is 17.9 Å². The zero-order chi connectivity index (χ0) is 18.6. The fourth-order valence-corrected chi connectivity index (χ4v) is 2.95. The highest BCUT2D eigenvalue weighted by Gasteiger charge is 2.18. The van der Waals surface area contributed by atoms with Crippen LogP contribution in [0.4, 0.5) is 0 Å². The average Bonchev–Trinajstić information content (AvgIpc) is 3.16. The van der Waals surface area contributed by atoms with E-state index in [9.17, 15) is 4.79 Å². The highest BCUT2D eigenvalue weighted by Crippen LogP contribution is 2.20. The average molecular weight is 434 g/mol. The molecule has 0 aliphatic heterocycles. The van der Waals surface area contributed by atoms with Gasteiger partial charge in [0, 0.05) is 17.2 Å². The third-order valence-corrected chi connectivity index (χ3v) is 4.41. The van der Waals surface area contributed by atoms with Gasteiger partial charge in [0.25, 0.3) is 0 Å². The number of hydrogen-bond acceptors (Lipinski definition) is 6. The van der Waals surface area contributed by atoms with Crippen molar-refractivity contribution in [1.82, 2.24) is 19.8 Å². The molecule has 0 fully saturated rings. The Labute approximate surface area is 180 Å². The summed E-state index contributed by atoms with van der Waals surface area (Å²) in [5.41, 5.74) is 7.85. The first kappa shape index (κ1) is 22.5. The summed E-state index contributed by atoms with van der Waals surface area (Å²) in [4.78, 5) is 12.0. The maximum absolute atomic E-state index is 12.0. The predicted octanol–water partition coefficient (Wildman–Crippen LogP) is 3.64. The van der Waals surface area contributed by atoms with Crippen molar-refractivity contribution >= 4 is 47.2 Å². The van der Waals surface area contributed by atoms with Gasteiger partial charge < -0.3 is 10.5 Å². The number of ether oxygens (including phenoxy) is 1. The molecule has 0 spiro atoms. The number of fused-ring (bicyclic) bond motifs is 3. The van der Waals surface area contributed by atoms with Crippen molar-refractivity contribution in [2.45, 2.75) is 25.5 Å². The van der Waals surface area contributed by atoms with Gasteiger partial charge in [-0.3, -0.25) is 4.79 Å². The van der Waals surface area contributed by atoms with E-state index in [2.05, 4.69) is 15.3 Å². The second-order valence-corrected chi connectivity index (χ2v) is 6.32. The number of benzene rings is 2. The number of carbonyl (C=O) groups is 1.